The Kier molecular flexibility index (Phi) is 5.29. The molecule has 20 heavy (non-hydrogen) atoms. The van der Waals surface area contributed by atoms with Crippen molar-refractivity contribution in [2.24, 2.45) is 7.05 Å². The summed E-state index contributed by atoms with van der Waals surface area (Å²) in [5.74, 6) is 1.29. The van der Waals surface area contributed by atoms with E-state index in [9.17, 15) is 0 Å². The van der Waals surface area contributed by atoms with E-state index in [1.54, 1.807) is 12.5 Å². The van der Waals surface area contributed by atoms with Gasteiger partial charge in [-0.15, -0.1) is 0 Å². The summed E-state index contributed by atoms with van der Waals surface area (Å²) >= 11 is 0. The van der Waals surface area contributed by atoms with E-state index in [1.165, 1.54) is 0 Å². The fourth-order valence-electron chi connectivity index (χ4n) is 2.20. The van der Waals surface area contributed by atoms with Crippen LogP contribution >= 0.6 is 0 Å². The first-order valence-corrected chi connectivity index (χ1v) is 7.27. The highest BCUT2D eigenvalue weighted by atomic mass is 16.5. The van der Waals surface area contributed by atoms with Gasteiger partial charge in [0.25, 0.3) is 0 Å². The van der Waals surface area contributed by atoms with E-state index in [-0.39, 0.29) is 0 Å². The van der Waals surface area contributed by atoms with Crippen molar-refractivity contribution in [1.82, 2.24) is 25.0 Å². The summed E-state index contributed by atoms with van der Waals surface area (Å²) in [7, 11) is 1.92. The van der Waals surface area contributed by atoms with Crippen LogP contribution in [0.2, 0.25) is 0 Å². The first-order chi connectivity index (χ1) is 9.74. The standard InChI is InChI=1S/C14H23N5O/c1-4-6-11(16-7-5-2)8-13-17-14(18-20-13)12-9-15-10-19(12)3/h9-11,16H,4-8H2,1-3H3. The van der Waals surface area contributed by atoms with Crippen molar-refractivity contribution in [1.29, 1.82) is 0 Å². The van der Waals surface area contributed by atoms with E-state index in [0.717, 1.165) is 37.9 Å². The Morgan fingerprint density at radius 1 is 1.35 bits per heavy atom. The van der Waals surface area contributed by atoms with E-state index >= 15 is 0 Å². The van der Waals surface area contributed by atoms with Crippen LogP contribution < -0.4 is 5.32 Å². The molecule has 0 fully saturated rings. The highest BCUT2D eigenvalue weighted by molar-refractivity contribution is 5.46. The number of imidazole rings is 1. The third kappa shape index (κ3) is 3.66. The van der Waals surface area contributed by atoms with E-state index in [1.807, 2.05) is 11.6 Å². The van der Waals surface area contributed by atoms with Gasteiger partial charge in [-0.3, -0.25) is 0 Å². The maximum atomic E-state index is 5.36. The van der Waals surface area contributed by atoms with Gasteiger partial charge in [-0.1, -0.05) is 25.4 Å². The van der Waals surface area contributed by atoms with Gasteiger partial charge in [-0.25, -0.2) is 4.98 Å². The number of nitrogens with one attached hydrogen (secondary N) is 1. The molecule has 0 amide bonds. The molecule has 0 radical (unpaired) electrons. The van der Waals surface area contributed by atoms with Gasteiger partial charge in [0.15, 0.2) is 0 Å². The predicted molar refractivity (Wildman–Crippen MR) is 77.2 cm³/mol. The highest BCUT2D eigenvalue weighted by Gasteiger charge is 2.15. The average molecular weight is 277 g/mol. The molecule has 2 aromatic heterocycles. The molecule has 0 saturated carbocycles. The average Bonchev–Trinajstić information content (AvgIpc) is 3.05. The molecule has 0 spiro atoms. The summed E-state index contributed by atoms with van der Waals surface area (Å²) in [6, 6.07) is 0.403. The smallest absolute Gasteiger partial charge is 0.228 e. The van der Waals surface area contributed by atoms with Crippen molar-refractivity contribution in [3.8, 4) is 11.5 Å². The first kappa shape index (κ1) is 14.7. The van der Waals surface area contributed by atoms with E-state index in [2.05, 4.69) is 34.3 Å². The summed E-state index contributed by atoms with van der Waals surface area (Å²) in [4.78, 5) is 8.53. The molecule has 110 valence electrons. The summed E-state index contributed by atoms with van der Waals surface area (Å²) in [5.41, 5.74) is 0.869. The predicted octanol–water partition coefficient (Wildman–Crippen LogP) is 2.18. The van der Waals surface area contributed by atoms with Gasteiger partial charge in [0.2, 0.25) is 11.7 Å². The molecule has 0 aromatic carbocycles. The van der Waals surface area contributed by atoms with Crippen LogP contribution in [0.5, 0.6) is 0 Å². The fourth-order valence-corrected chi connectivity index (χ4v) is 2.20. The van der Waals surface area contributed by atoms with Gasteiger partial charge < -0.3 is 14.4 Å². The molecule has 0 aliphatic heterocycles. The van der Waals surface area contributed by atoms with Gasteiger partial charge in [-0.05, 0) is 19.4 Å². The molecular weight excluding hydrogens is 254 g/mol. The van der Waals surface area contributed by atoms with Crippen molar-refractivity contribution < 1.29 is 4.52 Å². The van der Waals surface area contributed by atoms with E-state index in [0.29, 0.717) is 17.8 Å². The number of hydrogen-bond acceptors (Lipinski definition) is 5. The van der Waals surface area contributed by atoms with Crippen molar-refractivity contribution in [2.75, 3.05) is 6.54 Å². The molecule has 2 heterocycles. The molecule has 0 aliphatic carbocycles. The van der Waals surface area contributed by atoms with E-state index in [4.69, 9.17) is 4.52 Å². The third-order valence-corrected chi connectivity index (χ3v) is 3.26. The summed E-state index contributed by atoms with van der Waals surface area (Å²) in [5, 5.41) is 7.57. The maximum absolute atomic E-state index is 5.36. The van der Waals surface area contributed by atoms with Crippen LogP contribution in [0.4, 0.5) is 0 Å². The summed E-state index contributed by atoms with van der Waals surface area (Å²) in [6.07, 6.45) is 7.64. The number of rotatable bonds is 8. The fraction of sp³-hybridized carbons (Fsp3) is 0.643. The van der Waals surface area contributed by atoms with Crippen LogP contribution in [0.15, 0.2) is 17.0 Å². The Hall–Kier alpha value is -1.69. The monoisotopic (exact) mass is 277 g/mol. The second-order valence-electron chi connectivity index (χ2n) is 5.05. The minimum Gasteiger partial charge on any atom is -0.339 e. The zero-order valence-electron chi connectivity index (χ0n) is 12.5. The molecule has 1 unspecified atom stereocenters. The molecule has 2 aromatic rings. The lowest BCUT2D eigenvalue weighted by molar-refractivity contribution is 0.350. The maximum Gasteiger partial charge on any atom is 0.228 e. The molecule has 0 aliphatic rings. The van der Waals surface area contributed by atoms with Crippen molar-refractivity contribution in [3.05, 3.63) is 18.4 Å². The number of nitrogens with zero attached hydrogens (tertiary/aromatic N) is 4. The normalized spacial score (nSPS) is 12.8. The molecule has 0 saturated heterocycles. The van der Waals surface area contributed by atoms with E-state index < -0.39 is 0 Å². The Balaban J connectivity index is 2.02. The minimum atomic E-state index is 0.403. The molecule has 1 N–H and O–H groups in total. The van der Waals surface area contributed by atoms with Gasteiger partial charge in [0.05, 0.1) is 12.5 Å². The largest absolute Gasteiger partial charge is 0.339 e. The summed E-state index contributed by atoms with van der Waals surface area (Å²) < 4.78 is 7.24. The van der Waals surface area contributed by atoms with Crippen LogP contribution in [-0.4, -0.2) is 32.3 Å². The van der Waals surface area contributed by atoms with Crippen LogP contribution in [0, 0.1) is 0 Å². The SMILES string of the molecule is CCCNC(CCC)Cc1nc(-c2cncn2C)no1. The molecule has 6 nitrogen and oxygen atoms in total. The number of aromatic nitrogens is 4. The lowest BCUT2D eigenvalue weighted by atomic mass is 10.1. The van der Waals surface area contributed by atoms with Gasteiger partial charge in [0, 0.05) is 19.5 Å². The topological polar surface area (TPSA) is 68.8 Å². The molecule has 6 heteroatoms. The Morgan fingerprint density at radius 2 is 2.20 bits per heavy atom. The third-order valence-electron chi connectivity index (χ3n) is 3.26. The molecular formula is C14H23N5O. The van der Waals surface area contributed by atoms with Gasteiger partial charge in [-0.2, -0.15) is 4.98 Å². The number of hydrogen-bond donors (Lipinski definition) is 1. The molecule has 0 bridgehead atoms. The van der Waals surface area contributed by atoms with Gasteiger partial charge >= 0.3 is 0 Å². The Labute approximate surface area is 119 Å². The van der Waals surface area contributed by atoms with Gasteiger partial charge in [0.1, 0.15) is 5.69 Å². The van der Waals surface area contributed by atoms with Crippen molar-refractivity contribution >= 4 is 0 Å². The number of aryl methyl sites for hydroxylation is 1. The zero-order valence-corrected chi connectivity index (χ0v) is 12.5. The van der Waals surface area contributed by atoms with Crippen LogP contribution in [-0.2, 0) is 13.5 Å². The lowest BCUT2D eigenvalue weighted by Crippen LogP contribution is -2.31. The quantitative estimate of drug-likeness (QED) is 0.801. The Bertz CT molecular complexity index is 519. The highest BCUT2D eigenvalue weighted by Crippen LogP contribution is 2.15. The first-order valence-electron chi connectivity index (χ1n) is 7.27. The van der Waals surface area contributed by atoms with Crippen LogP contribution in [0.1, 0.15) is 39.0 Å². The summed E-state index contributed by atoms with van der Waals surface area (Å²) in [6.45, 7) is 5.38. The second kappa shape index (κ2) is 7.19. The Morgan fingerprint density at radius 3 is 2.85 bits per heavy atom. The van der Waals surface area contributed by atoms with Crippen molar-refractivity contribution in [3.63, 3.8) is 0 Å². The lowest BCUT2D eigenvalue weighted by Gasteiger charge is -2.15. The van der Waals surface area contributed by atoms with Crippen LogP contribution in [0.25, 0.3) is 11.5 Å². The van der Waals surface area contributed by atoms with Crippen LogP contribution in [0.3, 0.4) is 0 Å². The minimum absolute atomic E-state index is 0.403. The molecule has 1 atom stereocenters. The zero-order chi connectivity index (χ0) is 14.4. The molecule has 2 rings (SSSR count). The second-order valence-corrected chi connectivity index (χ2v) is 5.05. The van der Waals surface area contributed by atoms with Crippen molar-refractivity contribution in [2.45, 2.75) is 45.6 Å².